The number of amides is 1. The number of rotatable bonds is 6. The summed E-state index contributed by atoms with van der Waals surface area (Å²) in [4.78, 5) is 15.5. The van der Waals surface area contributed by atoms with Crippen molar-refractivity contribution in [3.63, 3.8) is 0 Å². The fraction of sp³-hybridized carbons (Fsp3) is 0.909. The number of sulfone groups is 1. The predicted molar refractivity (Wildman–Crippen MR) is 71.3 cm³/mol. The molecule has 0 aromatic rings. The van der Waals surface area contributed by atoms with Crippen LogP contribution in [0.4, 0.5) is 0 Å². The van der Waals surface area contributed by atoms with Crippen molar-refractivity contribution in [2.24, 2.45) is 0 Å². The van der Waals surface area contributed by atoms with Crippen LogP contribution in [0.2, 0.25) is 0 Å². The van der Waals surface area contributed by atoms with Crippen LogP contribution in [0.5, 0.6) is 0 Å². The fourth-order valence-corrected chi connectivity index (χ4v) is 3.76. The maximum Gasteiger partial charge on any atom is 0.234 e. The maximum atomic E-state index is 11.6. The molecule has 1 atom stereocenters. The zero-order chi connectivity index (χ0) is 13.8. The largest absolute Gasteiger partial charge is 0.354 e. The van der Waals surface area contributed by atoms with Crippen molar-refractivity contribution in [3.05, 3.63) is 0 Å². The Morgan fingerprint density at radius 1 is 1.33 bits per heavy atom. The Hall–Kier alpha value is -0.660. The van der Waals surface area contributed by atoms with Crippen molar-refractivity contribution in [3.8, 4) is 0 Å². The molecule has 6 nitrogen and oxygen atoms in total. The molecule has 0 bridgehead atoms. The molecule has 1 heterocycles. The quantitative estimate of drug-likeness (QED) is 0.659. The number of hydrogen-bond acceptors (Lipinski definition) is 5. The van der Waals surface area contributed by atoms with E-state index in [1.807, 2.05) is 23.9 Å². The summed E-state index contributed by atoms with van der Waals surface area (Å²) in [6.45, 7) is 1.67. The van der Waals surface area contributed by atoms with Crippen LogP contribution < -0.4 is 5.32 Å². The molecule has 0 aliphatic carbocycles. The zero-order valence-corrected chi connectivity index (χ0v) is 12.2. The molecule has 0 aromatic carbocycles. The summed E-state index contributed by atoms with van der Waals surface area (Å²) in [5, 5.41) is 2.82. The van der Waals surface area contributed by atoms with Crippen LogP contribution in [0.3, 0.4) is 0 Å². The molecule has 0 aromatic heterocycles. The first-order valence-electron chi connectivity index (χ1n) is 6.12. The van der Waals surface area contributed by atoms with E-state index in [4.69, 9.17) is 0 Å². The van der Waals surface area contributed by atoms with Gasteiger partial charge in [-0.3, -0.25) is 9.69 Å². The third kappa shape index (κ3) is 5.32. The standard InChI is InChI=1S/C11H23N3O3S/c1-13(2)6-5-12-11(15)8-14(3)10-4-7-18(16,17)9-10/h10H,4-9H2,1-3H3,(H,12,15). The van der Waals surface area contributed by atoms with Crippen molar-refractivity contribution < 1.29 is 13.2 Å². The first-order chi connectivity index (χ1) is 8.30. The highest BCUT2D eigenvalue weighted by atomic mass is 32.2. The Balaban J connectivity index is 2.28. The number of carbonyl (C=O) groups is 1. The zero-order valence-electron chi connectivity index (χ0n) is 11.3. The van der Waals surface area contributed by atoms with Gasteiger partial charge in [-0.25, -0.2) is 8.42 Å². The Bertz CT molecular complexity index is 381. The smallest absolute Gasteiger partial charge is 0.234 e. The summed E-state index contributed by atoms with van der Waals surface area (Å²) in [5.41, 5.74) is 0. The molecule has 0 radical (unpaired) electrons. The lowest BCUT2D eigenvalue weighted by molar-refractivity contribution is -0.122. The number of nitrogens with one attached hydrogen (secondary N) is 1. The molecule has 106 valence electrons. The van der Waals surface area contributed by atoms with E-state index in [1.54, 1.807) is 7.05 Å². The summed E-state index contributed by atoms with van der Waals surface area (Å²) in [7, 11) is 2.81. The summed E-state index contributed by atoms with van der Waals surface area (Å²) in [6, 6.07) is -0.0189. The molecular formula is C11H23N3O3S. The Morgan fingerprint density at radius 3 is 2.50 bits per heavy atom. The summed E-state index contributed by atoms with van der Waals surface area (Å²) < 4.78 is 22.7. The van der Waals surface area contributed by atoms with Crippen LogP contribution in [0.25, 0.3) is 0 Å². The van der Waals surface area contributed by atoms with Crippen molar-refractivity contribution in [1.29, 1.82) is 0 Å². The third-order valence-corrected chi connectivity index (χ3v) is 4.86. The van der Waals surface area contributed by atoms with E-state index in [2.05, 4.69) is 5.32 Å². The van der Waals surface area contributed by atoms with E-state index in [0.29, 0.717) is 13.0 Å². The molecule has 1 fully saturated rings. The topological polar surface area (TPSA) is 69.7 Å². The van der Waals surface area contributed by atoms with E-state index in [9.17, 15) is 13.2 Å². The minimum absolute atomic E-state index is 0.0189. The average molecular weight is 277 g/mol. The molecule has 0 saturated carbocycles. The normalized spacial score (nSPS) is 22.6. The van der Waals surface area contributed by atoms with Crippen LogP contribution in [-0.2, 0) is 14.6 Å². The first kappa shape index (κ1) is 15.4. The van der Waals surface area contributed by atoms with E-state index in [-0.39, 0.29) is 30.0 Å². The van der Waals surface area contributed by atoms with Crippen LogP contribution >= 0.6 is 0 Å². The van der Waals surface area contributed by atoms with Gasteiger partial charge in [-0.2, -0.15) is 0 Å². The molecule has 1 unspecified atom stereocenters. The minimum Gasteiger partial charge on any atom is -0.354 e. The van der Waals surface area contributed by atoms with E-state index in [1.165, 1.54) is 0 Å². The average Bonchev–Trinajstić information content (AvgIpc) is 2.58. The number of nitrogens with zero attached hydrogens (tertiary/aromatic N) is 2. The molecule has 7 heteroatoms. The van der Waals surface area contributed by atoms with Crippen molar-refractivity contribution in [2.45, 2.75) is 12.5 Å². The Kier molecular flexibility index (Phi) is 5.55. The minimum atomic E-state index is -2.88. The lowest BCUT2D eigenvalue weighted by atomic mass is 10.2. The van der Waals surface area contributed by atoms with Crippen LogP contribution in [-0.4, -0.2) is 82.4 Å². The van der Waals surface area contributed by atoms with Crippen molar-refractivity contribution >= 4 is 15.7 Å². The van der Waals surface area contributed by atoms with Crippen molar-refractivity contribution in [1.82, 2.24) is 15.1 Å². The van der Waals surface area contributed by atoms with Gasteiger partial charge in [0, 0.05) is 19.1 Å². The van der Waals surface area contributed by atoms with Crippen molar-refractivity contribution in [2.75, 3.05) is 52.3 Å². The maximum absolute atomic E-state index is 11.6. The van der Waals surface area contributed by atoms with E-state index >= 15 is 0 Å². The molecular weight excluding hydrogens is 254 g/mol. The van der Waals surface area contributed by atoms with Gasteiger partial charge in [0.1, 0.15) is 0 Å². The van der Waals surface area contributed by atoms with Gasteiger partial charge >= 0.3 is 0 Å². The molecule has 1 amide bonds. The third-order valence-electron chi connectivity index (χ3n) is 3.11. The SMILES string of the molecule is CN(C)CCNC(=O)CN(C)C1CCS(=O)(=O)C1. The number of likely N-dealkylation sites (N-methyl/N-ethyl adjacent to an activating group) is 2. The van der Waals surface area contributed by atoms with Crippen LogP contribution in [0, 0.1) is 0 Å². The highest BCUT2D eigenvalue weighted by Gasteiger charge is 2.31. The molecule has 0 spiro atoms. The van der Waals surface area contributed by atoms with Crippen LogP contribution in [0.1, 0.15) is 6.42 Å². The molecule has 1 saturated heterocycles. The van der Waals surface area contributed by atoms with Gasteiger partial charge < -0.3 is 10.2 Å². The van der Waals surface area contributed by atoms with E-state index < -0.39 is 9.84 Å². The first-order valence-corrected chi connectivity index (χ1v) is 7.94. The lowest BCUT2D eigenvalue weighted by Gasteiger charge is -2.22. The number of hydrogen-bond donors (Lipinski definition) is 1. The van der Waals surface area contributed by atoms with Gasteiger partial charge in [0.2, 0.25) is 5.91 Å². The lowest BCUT2D eigenvalue weighted by Crippen LogP contribution is -2.42. The van der Waals surface area contributed by atoms with Gasteiger partial charge in [0.15, 0.2) is 9.84 Å². The molecule has 1 aliphatic heterocycles. The monoisotopic (exact) mass is 277 g/mol. The highest BCUT2D eigenvalue weighted by Crippen LogP contribution is 2.15. The van der Waals surface area contributed by atoms with Gasteiger partial charge in [0.25, 0.3) is 0 Å². The molecule has 1 aliphatic rings. The van der Waals surface area contributed by atoms with Gasteiger partial charge in [0.05, 0.1) is 18.1 Å². The second-order valence-corrected chi connectivity index (χ2v) is 7.35. The fourth-order valence-electron chi connectivity index (χ4n) is 1.95. The van der Waals surface area contributed by atoms with Gasteiger partial charge in [-0.05, 0) is 27.6 Å². The van der Waals surface area contributed by atoms with Crippen LogP contribution in [0.15, 0.2) is 0 Å². The Morgan fingerprint density at radius 2 is 2.00 bits per heavy atom. The number of carbonyl (C=O) groups excluding carboxylic acids is 1. The van der Waals surface area contributed by atoms with Gasteiger partial charge in [-0.15, -0.1) is 0 Å². The summed E-state index contributed by atoms with van der Waals surface area (Å²) >= 11 is 0. The van der Waals surface area contributed by atoms with E-state index in [0.717, 1.165) is 6.54 Å². The van der Waals surface area contributed by atoms with Gasteiger partial charge in [-0.1, -0.05) is 0 Å². The summed E-state index contributed by atoms with van der Waals surface area (Å²) in [5.74, 6) is 0.363. The predicted octanol–water partition coefficient (Wildman–Crippen LogP) is -1.22. The molecule has 18 heavy (non-hydrogen) atoms. The summed E-state index contributed by atoms with van der Waals surface area (Å²) in [6.07, 6.45) is 0.629. The second kappa shape index (κ2) is 6.49. The highest BCUT2D eigenvalue weighted by molar-refractivity contribution is 7.91. The molecule has 1 rings (SSSR count). The Labute approximate surface area is 109 Å². The molecule has 1 N–H and O–H groups in total. The second-order valence-electron chi connectivity index (χ2n) is 5.13.